The van der Waals surface area contributed by atoms with Crippen molar-refractivity contribution >= 4 is 11.6 Å². The first kappa shape index (κ1) is 12.0. The minimum atomic E-state index is -0.0248. The van der Waals surface area contributed by atoms with E-state index in [0.29, 0.717) is 0 Å². The van der Waals surface area contributed by atoms with E-state index in [4.69, 9.17) is 16.0 Å². The zero-order valence-corrected chi connectivity index (χ0v) is 10.5. The Morgan fingerprint density at radius 2 is 2.00 bits per heavy atom. The second-order valence-corrected chi connectivity index (χ2v) is 4.74. The molecule has 0 radical (unpaired) electrons. The van der Waals surface area contributed by atoms with Crippen molar-refractivity contribution in [1.82, 2.24) is 9.80 Å². The third-order valence-corrected chi connectivity index (χ3v) is 3.54. The molecule has 2 heterocycles. The Morgan fingerprint density at radius 1 is 1.31 bits per heavy atom. The summed E-state index contributed by atoms with van der Waals surface area (Å²) in [5.74, 6) is 0.875. The van der Waals surface area contributed by atoms with Gasteiger partial charge in [-0.1, -0.05) is 6.92 Å². The number of nitrogens with zero attached hydrogens (tertiary/aromatic N) is 2. The lowest BCUT2D eigenvalue weighted by Gasteiger charge is -2.34. The van der Waals surface area contributed by atoms with Gasteiger partial charge >= 0.3 is 0 Å². The number of alkyl halides is 1. The summed E-state index contributed by atoms with van der Waals surface area (Å²) in [6, 6.07) is 3.83. The van der Waals surface area contributed by atoms with Crippen LogP contribution in [0.5, 0.6) is 0 Å². The minimum Gasteiger partial charge on any atom is -0.468 e. The van der Waals surface area contributed by atoms with E-state index in [1.165, 1.54) is 0 Å². The molecule has 4 heteroatoms. The fraction of sp³-hybridized carbons (Fsp3) is 0.667. The fourth-order valence-corrected chi connectivity index (χ4v) is 2.39. The Kier molecular flexibility index (Phi) is 4.27. The number of hydrogen-bond acceptors (Lipinski definition) is 3. The Hall–Kier alpha value is -0.510. The maximum Gasteiger partial charge on any atom is 0.122 e. The van der Waals surface area contributed by atoms with Crippen molar-refractivity contribution in [3.8, 4) is 0 Å². The predicted octanol–water partition coefficient (Wildman–Crippen LogP) is 2.20. The Labute approximate surface area is 102 Å². The van der Waals surface area contributed by atoms with Gasteiger partial charge in [0.25, 0.3) is 0 Å². The van der Waals surface area contributed by atoms with Crippen molar-refractivity contribution in [2.45, 2.75) is 12.3 Å². The third kappa shape index (κ3) is 3.00. The summed E-state index contributed by atoms with van der Waals surface area (Å²) in [5.41, 5.74) is 0. The molecule has 1 fully saturated rings. The molecular weight excluding hydrogens is 224 g/mol. The van der Waals surface area contributed by atoms with Crippen LogP contribution in [0.4, 0.5) is 0 Å². The van der Waals surface area contributed by atoms with Gasteiger partial charge in [0.05, 0.1) is 6.26 Å². The highest BCUT2D eigenvalue weighted by Gasteiger charge is 2.20. The molecule has 3 nitrogen and oxygen atoms in total. The van der Waals surface area contributed by atoms with Gasteiger partial charge in [-0.2, -0.15) is 0 Å². The highest BCUT2D eigenvalue weighted by Crippen LogP contribution is 2.22. The monoisotopic (exact) mass is 242 g/mol. The molecule has 0 amide bonds. The Morgan fingerprint density at radius 3 is 2.56 bits per heavy atom. The predicted molar refractivity (Wildman–Crippen MR) is 65.9 cm³/mol. The minimum absolute atomic E-state index is 0.0248. The average molecular weight is 243 g/mol. The SMILES string of the molecule is CCN1CCN(CC(Cl)c2ccco2)CC1. The van der Waals surface area contributed by atoms with Crippen LogP contribution in [0.15, 0.2) is 22.8 Å². The van der Waals surface area contributed by atoms with Crippen molar-refractivity contribution in [2.24, 2.45) is 0 Å². The van der Waals surface area contributed by atoms with Gasteiger partial charge in [-0.3, -0.25) is 4.90 Å². The molecule has 1 unspecified atom stereocenters. The molecule has 16 heavy (non-hydrogen) atoms. The largest absolute Gasteiger partial charge is 0.468 e. The number of furan rings is 1. The van der Waals surface area contributed by atoms with Crippen LogP contribution in [0, 0.1) is 0 Å². The summed E-state index contributed by atoms with van der Waals surface area (Å²) in [5, 5.41) is -0.0248. The number of piperazine rings is 1. The van der Waals surface area contributed by atoms with Crippen LogP contribution in [0.25, 0.3) is 0 Å². The molecule has 1 atom stereocenters. The third-order valence-electron chi connectivity index (χ3n) is 3.18. The molecule has 1 aromatic heterocycles. The van der Waals surface area contributed by atoms with Crippen LogP contribution in [0.1, 0.15) is 18.1 Å². The van der Waals surface area contributed by atoms with Crippen molar-refractivity contribution in [1.29, 1.82) is 0 Å². The number of hydrogen-bond donors (Lipinski definition) is 0. The molecule has 0 spiro atoms. The van der Waals surface area contributed by atoms with E-state index in [-0.39, 0.29) is 5.38 Å². The standard InChI is InChI=1S/C12H19ClN2O/c1-2-14-5-7-15(8-6-14)10-11(13)12-4-3-9-16-12/h3-4,9,11H,2,5-8,10H2,1H3. The van der Waals surface area contributed by atoms with Gasteiger partial charge in [0.1, 0.15) is 11.1 Å². The highest BCUT2D eigenvalue weighted by molar-refractivity contribution is 6.20. The lowest BCUT2D eigenvalue weighted by atomic mass is 10.2. The lowest BCUT2D eigenvalue weighted by Crippen LogP contribution is -2.46. The van der Waals surface area contributed by atoms with Crippen LogP contribution in [-0.2, 0) is 0 Å². The first-order valence-electron chi connectivity index (χ1n) is 5.91. The molecule has 0 saturated carbocycles. The van der Waals surface area contributed by atoms with Gasteiger partial charge in [0.2, 0.25) is 0 Å². The average Bonchev–Trinajstić information content (AvgIpc) is 2.83. The van der Waals surface area contributed by atoms with Crippen LogP contribution >= 0.6 is 11.6 Å². The molecule has 0 aromatic carbocycles. The smallest absolute Gasteiger partial charge is 0.122 e. The molecule has 1 aliphatic heterocycles. The Bertz CT molecular complexity index is 294. The molecule has 1 aromatic rings. The van der Waals surface area contributed by atoms with E-state index in [0.717, 1.165) is 45.0 Å². The first-order valence-corrected chi connectivity index (χ1v) is 6.35. The Balaban J connectivity index is 1.78. The van der Waals surface area contributed by atoms with Gasteiger partial charge < -0.3 is 9.32 Å². The summed E-state index contributed by atoms with van der Waals surface area (Å²) in [7, 11) is 0. The maximum absolute atomic E-state index is 6.30. The summed E-state index contributed by atoms with van der Waals surface area (Å²) >= 11 is 6.30. The van der Waals surface area contributed by atoms with Gasteiger partial charge in [-0.15, -0.1) is 11.6 Å². The maximum atomic E-state index is 6.30. The second kappa shape index (κ2) is 5.71. The number of likely N-dealkylation sites (N-methyl/N-ethyl adjacent to an activating group) is 1. The van der Waals surface area contributed by atoms with Gasteiger partial charge in [-0.05, 0) is 18.7 Å². The van der Waals surface area contributed by atoms with E-state index >= 15 is 0 Å². The van der Waals surface area contributed by atoms with Crippen molar-refractivity contribution < 1.29 is 4.42 Å². The molecule has 0 aliphatic carbocycles. The van der Waals surface area contributed by atoms with Crippen molar-refractivity contribution in [2.75, 3.05) is 39.3 Å². The molecule has 2 rings (SSSR count). The molecule has 0 bridgehead atoms. The van der Waals surface area contributed by atoms with Gasteiger partial charge in [-0.25, -0.2) is 0 Å². The van der Waals surface area contributed by atoms with E-state index < -0.39 is 0 Å². The lowest BCUT2D eigenvalue weighted by molar-refractivity contribution is 0.135. The van der Waals surface area contributed by atoms with E-state index in [2.05, 4.69) is 16.7 Å². The van der Waals surface area contributed by atoms with Gasteiger partial charge in [0, 0.05) is 32.7 Å². The zero-order valence-electron chi connectivity index (χ0n) is 9.73. The molecule has 0 N–H and O–H groups in total. The highest BCUT2D eigenvalue weighted by atomic mass is 35.5. The van der Waals surface area contributed by atoms with Crippen LogP contribution in [0.3, 0.4) is 0 Å². The van der Waals surface area contributed by atoms with Gasteiger partial charge in [0.15, 0.2) is 0 Å². The van der Waals surface area contributed by atoms with Crippen molar-refractivity contribution in [3.05, 3.63) is 24.2 Å². The first-order chi connectivity index (χ1) is 7.79. The van der Waals surface area contributed by atoms with Crippen LogP contribution < -0.4 is 0 Å². The molecule has 1 aliphatic rings. The summed E-state index contributed by atoms with van der Waals surface area (Å²) in [6.45, 7) is 8.76. The topological polar surface area (TPSA) is 19.6 Å². The summed E-state index contributed by atoms with van der Waals surface area (Å²) < 4.78 is 5.31. The van der Waals surface area contributed by atoms with E-state index in [1.54, 1.807) is 6.26 Å². The quantitative estimate of drug-likeness (QED) is 0.755. The molecule has 1 saturated heterocycles. The van der Waals surface area contributed by atoms with Crippen molar-refractivity contribution in [3.63, 3.8) is 0 Å². The second-order valence-electron chi connectivity index (χ2n) is 4.22. The van der Waals surface area contributed by atoms with Crippen LogP contribution in [0.2, 0.25) is 0 Å². The normalized spacial score (nSPS) is 21.1. The fourth-order valence-electron chi connectivity index (χ4n) is 2.07. The summed E-state index contributed by atoms with van der Waals surface area (Å²) in [6.07, 6.45) is 1.68. The van der Waals surface area contributed by atoms with E-state index in [9.17, 15) is 0 Å². The zero-order chi connectivity index (χ0) is 11.4. The number of rotatable bonds is 4. The van der Waals surface area contributed by atoms with Crippen LogP contribution in [-0.4, -0.2) is 49.1 Å². The molecular formula is C12H19ClN2O. The summed E-state index contributed by atoms with van der Waals surface area (Å²) in [4.78, 5) is 4.87. The number of halogens is 1. The molecule has 90 valence electrons. The van der Waals surface area contributed by atoms with E-state index in [1.807, 2.05) is 12.1 Å².